The summed E-state index contributed by atoms with van der Waals surface area (Å²) in [4.78, 5) is 18.2. The van der Waals surface area contributed by atoms with E-state index in [0.29, 0.717) is 28.1 Å². The Bertz CT molecular complexity index is 1460. The molecule has 6 nitrogen and oxygen atoms in total. The number of methoxy groups -OCH3 is 1. The van der Waals surface area contributed by atoms with Crippen LogP contribution in [0.2, 0.25) is 0 Å². The summed E-state index contributed by atoms with van der Waals surface area (Å²) in [7, 11) is 1.45. The van der Waals surface area contributed by atoms with Crippen molar-refractivity contribution in [3.05, 3.63) is 86.8 Å². The Morgan fingerprint density at radius 3 is 2.61 bits per heavy atom. The van der Waals surface area contributed by atoms with Crippen LogP contribution in [0.4, 0.5) is 9.52 Å². The lowest BCUT2D eigenvalue weighted by molar-refractivity contribution is 0.102. The second kappa shape index (κ2) is 15.1. The van der Waals surface area contributed by atoms with Crippen LogP contribution >= 0.6 is 23.1 Å². The Hall–Kier alpha value is -3.30. The molecule has 1 aromatic carbocycles. The summed E-state index contributed by atoms with van der Waals surface area (Å²) in [5, 5.41) is 11.5. The lowest BCUT2D eigenvalue weighted by atomic mass is 9.91. The summed E-state index contributed by atoms with van der Waals surface area (Å²) in [6, 6.07) is 6.17. The van der Waals surface area contributed by atoms with E-state index in [1.54, 1.807) is 43.2 Å². The minimum absolute atomic E-state index is 0.217. The van der Waals surface area contributed by atoms with Gasteiger partial charge in [-0.15, -0.1) is 22.0 Å². The van der Waals surface area contributed by atoms with Crippen molar-refractivity contribution in [1.82, 2.24) is 15.2 Å². The van der Waals surface area contributed by atoms with Gasteiger partial charge in [-0.2, -0.15) is 0 Å². The van der Waals surface area contributed by atoms with Gasteiger partial charge in [0.1, 0.15) is 16.6 Å². The molecule has 0 bridgehead atoms. The molecule has 0 saturated heterocycles. The van der Waals surface area contributed by atoms with E-state index in [1.165, 1.54) is 48.5 Å². The molecule has 1 N–H and O–H groups in total. The van der Waals surface area contributed by atoms with E-state index < -0.39 is 11.7 Å². The largest absolute Gasteiger partial charge is 0.496 e. The summed E-state index contributed by atoms with van der Waals surface area (Å²) in [5.74, 6) is 0.787. The molecule has 1 amide bonds. The number of carbonyl (C=O) groups excluding carboxylic acids is 1. The van der Waals surface area contributed by atoms with E-state index in [4.69, 9.17) is 4.74 Å². The fourth-order valence-electron chi connectivity index (χ4n) is 4.31. The van der Waals surface area contributed by atoms with Crippen molar-refractivity contribution in [2.24, 2.45) is 11.8 Å². The summed E-state index contributed by atoms with van der Waals surface area (Å²) >= 11 is 3.09. The van der Waals surface area contributed by atoms with Crippen LogP contribution < -0.4 is 10.1 Å². The molecule has 0 saturated carbocycles. The number of halogens is 1. The number of aryl methyl sites for hydroxylation is 2. The highest BCUT2D eigenvalue weighted by atomic mass is 32.2. The van der Waals surface area contributed by atoms with Gasteiger partial charge in [-0.25, -0.2) is 4.39 Å². The Balaban J connectivity index is 0.000000250. The van der Waals surface area contributed by atoms with Gasteiger partial charge in [0.25, 0.3) is 5.91 Å². The molecule has 2 aromatic heterocycles. The zero-order chi connectivity index (χ0) is 30.1. The fourth-order valence-corrected chi connectivity index (χ4v) is 5.44. The summed E-state index contributed by atoms with van der Waals surface area (Å²) in [6.07, 6.45) is 13.0. The maximum atomic E-state index is 14.5. The Kier molecular flexibility index (Phi) is 11.8. The molecule has 3 aromatic rings. The van der Waals surface area contributed by atoms with Crippen LogP contribution in [-0.4, -0.2) is 34.5 Å². The molecular formula is C32H39FN4O2S2. The Morgan fingerprint density at radius 2 is 1.98 bits per heavy atom. The van der Waals surface area contributed by atoms with Crippen LogP contribution in [-0.2, 0) is 0 Å². The van der Waals surface area contributed by atoms with E-state index in [1.807, 2.05) is 11.8 Å². The number of benzene rings is 1. The third kappa shape index (κ3) is 8.60. The molecule has 0 aliphatic heterocycles. The number of rotatable bonds is 8. The van der Waals surface area contributed by atoms with Crippen molar-refractivity contribution in [3.63, 3.8) is 0 Å². The highest BCUT2D eigenvalue weighted by molar-refractivity contribution is 8.02. The number of hydrogen-bond acceptors (Lipinski definition) is 7. The van der Waals surface area contributed by atoms with Crippen LogP contribution in [0.3, 0.4) is 0 Å². The molecule has 1 aliphatic carbocycles. The van der Waals surface area contributed by atoms with Crippen LogP contribution in [0.25, 0.3) is 11.1 Å². The topological polar surface area (TPSA) is 77.0 Å². The van der Waals surface area contributed by atoms with Crippen molar-refractivity contribution in [1.29, 1.82) is 0 Å². The van der Waals surface area contributed by atoms with Crippen LogP contribution in [0.5, 0.6) is 5.75 Å². The zero-order valence-electron chi connectivity index (χ0n) is 25.0. The SMILES string of the molecule is CCC(C)CC1=C(C)C(C)C=C(SC)C=C1.COc1cccc(F)c1-c1cc(C)ncc1C(=O)Nc1nnc(C)s1. The Morgan fingerprint density at radius 1 is 1.22 bits per heavy atom. The third-order valence-corrected chi connectivity index (χ3v) is 8.55. The molecule has 218 valence electrons. The molecular weight excluding hydrogens is 556 g/mol. The molecule has 41 heavy (non-hydrogen) atoms. The molecule has 4 rings (SSSR count). The molecule has 0 fully saturated rings. The zero-order valence-corrected chi connectivity index (χ0v) is 26.7. The average Bonchev–Trinajstić information content (AvgIpc) is 3.31. The quantitative estimate of drug-likeness (QED) is 0.281. The monoisotopic (exact) mass is 594 g/mol. The first-order valence-corrected chi connectivity index (χ1v) is 15.7. The third-order valence-electron chi connectivity index (χ3n) is 7.05. The Labute approximate surface area is 251 Å². The maximum Gasteiger partial charge on any atom is 0.259 e. The van der Waals surface area contributed by atoms with Gasteiger partial charge in [0, 0.05) is 22.4 Å². The summed E-state index contributed by atoms with van der Waals surface area (Å²) in [5.41, 5.74) is 4.59. The standard InChI is InChI=1S/C17H15FN4O2S.C15H24S/c1-9-7-11(15-13(18)5-4-6-14(15)24-3)12(8-19-9)16(23)20-17-22-21-10(2)25-17;1-6-11(2)9-14-7-8-15(16-5)10-12(3)13(14)4/h4-8H,1-3H3,(H,20,22,23);7-8,10-12H,6,9H2,1-5H3. The van der Waals surface area contributed by atoms with E-state index in [2.05, 4.69) is 72.7 Å². The molecule has 0 spiro atoms. The highest BCUT2D eigenvalue weighted by Crippen LogP contribution is 2.35. The van der Waals surface area contributed by atoms with E-state index in [-0.39, 0.29) is 11.1 Å². The number of nitrogens with one attached hydrogen (secondary N) is 1. The number of aromatic nitrogens is 3. The number of anilines is 1. The number of nitrogens with zero attached hydrogens (tertiary/aromatic N) is 3. The number of hydrogen-bond donors (Lipinski definition) is 1. The van der Waals surface area contributed by atoms with Gasteiger partial charge in [0.2, 0.25) is 5.13 Å². The number of allylic oxidation sites excluding steroid dienone is 5. The van der Waals surface area contributed by atoms with E-state index >= 15 is 0 Å². The number of thioether (sulfide) groups is 1. The van der Waals surface area contributed by atoms with Gasteiger partial charge < -0.3 is 4.74 Å². The first kappa shape index (κ1) is 32.2. The predicted octanol–water partition coefficient (Wildman–Crippen LogP) is 8.81. The van der Waals surface area contributed by atoms with Crippen LogP contribution in [0, 0.1) is 31.5 Å². The second-order valence-electron chi connectivity index (χ2n) is 10.1. The molecule has 2 unspecified atom stereocenters. The molecule has 1 aliphatic rings. The lowest BCUT2D eigenvalue weighted by Crippen LogP contribution is -2.14. The average molecular weight is 595 g/mol. The number of pyridine rings is 1. The normalized spacial score (nSPS) is 15.4. The molecule has 0 radical (unpaired) electrons. The van der Waals surface area contributed by atoms with Gasteiger partial charge in [0.15, 0.2) is 0 Å². The molecule has 2 heterocycles. The van der Waals surface area contributed by atoms with Gasteiger partial charge in [-0.1, -0.05) is 62.3 Å². The van der Waals surface area contributed by atoms with E-state index in [0.717, 1.165) is 10.9 Å². The van der Waals surface area contributed by atoms with Crippen molar-refractivity contribution in [3.8, 4) is 16.9 Å². The predicted molar refractivity (Wildman–Crippen MR) is 170 cm³/mol. The van der Waals surface area contributed by atoms with Gasteiger partial charge >= 0.3 is 0 Å². The minimum atomic E-state index is -0.481. The van der Waals surface area contributed by atoms with Gasteiger partial charge in [0.05, 0.1) is 18.2 Å². The number of ether oxygens (including phenoxy) is 1. The summed E-state index contributed by atoms with van der Waals surface area (Å²) in [6.45, 7) is 12.8. The van der Waals surface area contributed by atoms with Gasteiger partial charge in [-0.05, 0) is 75.1 Å². The van der Waals surface area contributed by atoms with Crippen LogP contribution in [0.1, 0.15) is 61.6 Å². The molecule has 2 atom stereocenters. The first-order chi connectivity index (χ1) is 19.6. The van der Waals surface area contributed by atoms with Crippen molar-refractivity contribution in [2.45, 2.75) is 54.4 Å². The van der Waals surface area contributed by atoms with Gasteiger partial charge in [-0.3, -0.25) is 15.1 Å². The second-order valence-corrected chi connectivity index (χ2v) is 12.2. The van der Waals surface area contributed by atoms with E-state index in [9.17, 15) is 9.18 Å². The number of amides is 1. The highest BCUT2D eigenvalue weighted by Gasteiger charge is 2.21. The fraction of sp³-hybridized carbons (Fsp3) is 0.375. The molecule has 9 heteroatoms. The summed E-state index contributed by atoms with van der Waals surface area (Å²) < 4.78 is 19.7. The van der Waals surface area contributed by atoms with Crippen molar-refractivity contribution in [2.75, 3.05) is 18.7 Å². The number of carbonyl (C=O) groups is 1. The minimum Gasteiger partial charge on any atom is -0.496 e. The van der Waals surface area contributed by atoms with Crippen LogP contribution in [0.15, 0.2) is 64.7 Å². The van der Waals surface area contributed by atoms with Crippen molar-refractivity contribution >= 4 is 34.1 Å². The van der Waals surface area contributed by atoms with Crippen molar-refractivity contribution < 1.29 is 13.9 Å². The lowest BCUT2D eigenvalue weighted by Gasteiger charge is -2.14. The maximum absolute atomic E-state index is 14.5. The first-order valence-electron chi connectivity index (χ1n) is 13.6. The smallest absolute Gasteiger partial charge is 0.259 e.